The number of hydrogen-bond donors (Lipinski definition) is 1. The standard InChI is InChI=1S/C25H21Cl2F3N4O4S/c26-15-2-1-3-19(35)22(15)20-9-17(32-38-20)18-12-39-23(31-18)13-4-6-33(7-5-13)21(36)11-34-10-14(25(28,29)30)8-16(27)24(34)37/h1-3,8,10,12-13,20,35H,4-7,9,11H2. The first-order valence-electron chi connectivity index (χ1n) is 11.9. The maximum Gasteiger partial charge on any atom is 0.417 e. The first-order valence-corrected chi connectivity index (χ1v) is 13.6. The minimum absolute atomic E-state index is 0.0326. The normalized spacial score (nSPS) is 18.2. The summed E-state index contributed by atoms with van der Waals surface area (Å²) >= 11 is 13.4. The maximum atomic E-state index is 13.1. The van der Waals surface area contributed by atoms with Crippen LogP contribution in [0.2, 0.25) is 10.0 Å². The Morgan fingerprint density at radius 3 is 2.64 bits per heavy atom. The zero-order valence-electron chi connectivity index (χ0n) is 20.1. The number of amides is 1. The third-order valence-electron chi connectivity index (χ3n) is 6.71. The van der Waals surface area contributed by atoms with Gasteiger partial charge >= 0.3 is 6.18 Å². The second-order valence-corrected chi connectivity index (χ2v) is 10.9. The summed E-state index contributed by atoms with van der Waals surface area (Å²) in [5, 5.41) is 16.9. The van der Waals surface area contributed by atoms with Crippen LogP contribution in [0, 0.1) is 0 Å². The van der Waals surface area contributed by atoms with E-state index in [9.17, 15) is 27.9 Å². The van der Waals surface area contributed by atoms with Crippen LogP contribution in [-0.4, -0.2) is 44.3 Å². The highest BCUT2D eigenvalue weighted by Gasteiger charge is 2.33. The van der Waals surface area contributed by atoms with Crippen LogP contribution in [0.1, 0.15) is 53.1 Å². The van der Waals surface area contributed by atoms with Gasteiger partial charge in [0.1, 0.15) is 23.0 Å². The molecule has 0 aliphatic carbocycles. The molecule has 2 aromatic heterocycles. The zero-order valence-corrected chi connectivity index (χ0v) is 22.4. The Morgan fingerprint density at radius 1 is 1.21 bits per heavy atom. The summed E-state index contributed by atoms with van der Waals surface area (Å²) in [6, 6.07) is 5.41. The number of thiazole rings is 1. The smallest absolute Gasteiger partial charge is 0.417 e. The molecule has 8 nitrogen and oxygen atoms in total. The van der Waals surface area contributed by atoms with Crippen molar-refractivity contribution in [2.45, 2.75) is 44.0 Å². The molecule has 39 heavy (non-hydrogen) atoms. The zero-order chi connectivity index (χ0) is 27.9. The maximum absolute atomic E-state index is 13.1. The number of phenolic OH excluding ortho intramolecular Hbond substituents is 1. The monoisotopic (exact) mass is 600 g/mol. The Hall–Kier alpha value is -3.09. The van der Waals surface area contributed by atoms with Crippen molar-refractivity contribution in [3.8, 4) is 5.75 Å². The van der Waals surface area contributed by atoms with E-state index in [4.69, 9.17) is 33.0 Å². The Kier molecular flexibility index (Phi) is 7.62. The molecule has 1 atom stereocenters. The average Bonchev–Trinajstić information content (AvgIpc) is 3.56. The number of aromatic hydroxyl groups is 1. The van der Waals surface area contributed by atoms with Gasteiger partial charge in [0, 0.05) is 37.0 Å². The van der Waals surface area contributed by atoms with Crippen molar-refractivity contribution >= 4 is 46.2 Å². The van der Waals surface area contributed by atoms with Gasteiger partial charge in [-0.2, -0.15) is 13.2 Å². The highest BCUT2D eigenvalue weighted by molar-refractivity contribution is 7.10. The summed E-state index contributed by atoms with van der Waals surface area (Å²) < 4.78 is 40.0. The summed E-state index contributed by atoms with van der Waals surface area (Å²) in [4.78, 5) is 36.8. The van der Waals surface area contributed by atoms with Crippen molar-refractivity contribution in [3.63, 3.8) is 0 Å². The van der Waals surface area contributed by atoms with Crippen LogP contribution in [0.15, 0.2) is 45.8 Å². The number of hydrogen-bond acceptors (Lipinski definition) is 7. The number of alkyl halides is 3. The molecule has 2 aliphatic heterocycles. The summed E-state index contributed by atoms with van der Waals surface area (Å²) in [5.74, 6) is -0.341. The van der Waals surface area contributed by atoms with E-state index in [1.54, 1.807) is 12.1 Å². The quantitative estimate of drug-likeness (QED) is 0.411. The third kappa shape index (κ3) is 5.78. The van der Waals surface area contributed by atoms with Crippen molar-refractivity contribution in [2.24, 2.45) is 5.16 Å². The van der Waals surface area contributed by atoms with Crippen molar-refractivity contribution < 1.29 is 27.9 Å². The number of aromatic nitrogens is 2. The number of oxime groups is 1. The van der Waals surface area contributed by atoms with Crippen LogP contribution in [-0.2, 0) is 22.4 Å². The number of pyridine rings is 1. The van der Waals surface area contributed by atoms with Crippen LogP contribution in [0.3, 0.4) is 0 Å². The lowest BCUT2D eigenvalue weighted by molar-refractivity contribution is -0.139. The van der Waals surface area contributed by atoms with Crippen molar-refractivity contribution in [1.82, 2.24) is 14.5 Å². The number of benzene rings is 1. The number of halogens is 5. The molecule has 1 aromatic carbocycles. The molecule has 5 rings (SSSR count). The van der Waals surface area contributed by atoms with Crippen LogP contribution in [0.25, 0.3) is 0 Å². The third-order valence-corrected chi connectivity index (χ3v) is 8.32. The number of nitrogens with zero attached hydrogens (tertiary/aromatic N) is 4. The highest BCUT2D eigenvalue weighted by Crippen LogP contribution is 2.39. The molecule has 2 aliphatic rings. The summed E-state index contributed by atoms with van der Waals surface area (Å²) in [6.07, 6.45) is -2.99. The van der Waals surface area contributed by atoms with Gasteiger partial charge < -0.3 is 19.4 Å². The summed E-state index contributed by atoms with van der Waals surface area (Å²) in [5.41, 5.74) is -0.164. The summed E-state index contributed by atoms with van der Waals surface area (Å²) in [6.45, 7) is 0.214. The van der Waals surface area contributed by atoms with Gasteiger partial charge in [0.25, 0.3) is 5.56 Å². The second-order valence-electron chi connectivity index (χ2n) is 9.24. The van der Waals surface area contributed by atoms with Gasteiger partial charge in [0.05, 0.1) is 26.9 Å². The van der Waals surface area contributed by atoms with Gasteiger partial charge in [-0.3, -0.25) is 9.59 Å². The largest absolute Gasteiger partial charge is 0.507 e. The molecule has 0 radical (unpaired) electrons. The van der Waals surface area contributed by atoms with Crippen molar-refractivity contribution in [3.05, 3.63) is 78.1 Å². The van der Waals surface area contributed by atoms with Crippen molar-refractivity contribution in [1.29, 1.82) is 0 Å². The Bertz CT molecular complexity index is 1480. The molecule has 4 heterocycles. The van der Waals surface area contributed by atoms with E-state index in [1.807, 2.05) is 5.38 Å². The lowest BCUT2D eigenvalue weighted by Crippen LogP contribution is -2.41. The molecule has 3 aromatic rings. The minimum Gasteiger partial charge on any atom is -0.507 e. The molecule has 1 unspecified atom stereocenters. The van der Waals surface area contributed by atoms with E-state index in [2.05, 4.69) is 5.16 Å². The highest BCUT2D eigenvalue weighted by atomic mass is 35.5. The predicted molar refractivity (Wildman–Crippen MR) is 139 cm³/mol. The molecule has 1 amide bonds. The molecule has 1 N–H and O–H groups in total. The van der Waals surface area contributed by atoms with Gasteiger partial charge in [-0.05, 0) is 31.0 Å². The topological polar surface area (TPSA) is 97.0 Å². The second kappa shape index (κ2) is 10.8. The molecular formula is C25H21Cl2F3N4O4S. The van der Waals surface area contributed by atoms with E-state index >= 15 is 0 Å². The number of phenols is 1. The number of rotatable bonds is 5. The molecule has 1 fully saturated rings. The van der Waals surface area contributed by atoms with E-state index in [0.717, 1.165) is 5.01 Å². The molecule has 0 spiro atoms. The average molecular weight is 601 g/mol. The number of carbonyl (C=O) groups is 1. The fourth-order valence-corrected chi connectivity index (χ4v) is 6.15. The lowest BCUT2D eigenvalue weighted by Gasteiger charge is -2.31. The minimum atomic E-state index is -4.69. The number of carbonyl (C=O) groups excluding carboxylic acids is 1. The molecule has 0 bridgehead atoms. The number of piperidine rings is 1. The van der Waals surface area contributed by atoms with E-state index in [1.165, 1.54) is 22.3 Å². The molecule has 14 heteroatoms. The first kappa shape index (κ1) is 27.5. The lowest BCUT2D eigenvalue weighted by atomic mass is 9.97. The van der Waals surface area contributed by atoms with E-state index in [-0.39, 0.29) is 11.7 Å². The fourth-order valence-electron chi connectivity index (χ4n) is 4.63. The summed E-state index contributed by atoms with van der Waals surface area (Å²) in [7, 11) is 0. The van der Waals surface area contributed by atoms with Crippen molar-refractivity contribution in [2.75, 3.05) is 13.1 Å². The van der Waals surface area contributed by atoms with Gasteiger partial charge in [-0.15, -0.1) is 11.3 Å². The van der Waals surface area contributed by atoms with Gasteiger partial charge in [-0.1, -0.05) is 34.4 Å². The SMILES string of the molecule is O=C(Cn1cc(C(F)(F)F)cc(Cl)c1=O)N1CCC(c2nc(C3=NOC(c4c(O)cccc4Cl)C3)cs2)CC1. The Labute approximate surface area is 234 Å². The van der Waals surface area contributed by atoms with Gasteiger partial charge in [-0.25, -0.2) is 4.98 Å². The Morgan fingerprint density at radius 2 is 1.95 bits per heavy atom. The molecule has 1 saturated heterocycles. The van der Waals surface area contributed by atoms with Crippen LogP contribution in [0.4, 0.5) is 13.2 Å². The van der Waals surface area contributed by atoms with E-state index in [0.29, 0.717) is 71.2 Å². The molecule has 206 valence electrons. The molecular weight excluding hydrogens is 580 g/mol. The molecule has 0 saturated carbocycles. The van der Waals surface area contributed by atoms with Crippen LogP contribution >= 0.6 is 34.5 Å². The van der Waals surface area contributed by atoms with E-state index < -0.39 is 40.9 Å². The Balaban J connectivity index is 1.19. The first-order chi connectivity index (χ1) is 18.5. The van der Waals surface area contributed by atoms with Crippen LogP contribution in [0.5, 0.6) is 5.75 Å². The fraction of sp³-hybridized carbons (Fsp3) is 0.360. The van der Waals surface area contributed by atoms with Crippen LogP contribution < -0.4 is 5.56 Å². The van der Waals surface area contributed by atoms with Gasteiger partial charge in [0.2, 0.25) is 5.91 Å². The van der Waals surface area contributed by atoms with Gasteiger partial charge in [0.15, 0.2) is 6.10 Å². The number of likely N-dealkylation sites (tertiary alicyclic amines) is 1. The predicted octanol–water partition coefficient (Wildman–Crippen LogP) is 5.61.